The Bertz CT molecular complexity index is 763. The van der Waals surface area contributed by atoms with Crippen LogP contribution in [0.1, 0.15) is 42.1 Å². The number of aliphatic hydroxyl groups excluding tert-OH is 2. The quantitative estimate of drug-likeness (QED) is 0.553. The standard InChI is InChI=1S/C24H32N2O3/c1-17-7-9-18(10-8-17)11-12-19-13-14-25-21(15-19)24(29)26-22(16-27)23(28)20-5-3-2-4-6-20/h2-10,19,21-23,25,27-28H,11-16H2,1H3,(H,26,29)/t19-,21-,22-,23-/m0/s1. The van der Waals surface area contributed by atoms with Gasteiger partial charge in [-0.2, -0.15) is 0 Å². The number of benzene rings is 2. The number of amides is 1. The van der Waals surface area contributed by atoms with Gasteiger partial charge in [-0.1, -0.05) is 60.2 Å². The number of piperidine rings is 1. The molecule has 4 N–H and O–H groups in total. The molecule has 2 aromatic carbocycles. The first kappa shape index (κ1) is 21.5. The molecule has 0 unspecified atom stereocenters. The van der Waals surface area contributed by atoms with Gasteiger partial charge in [0.15, 0.2) is 0 Å². The van der Waals surface area contributed by atoms with Crippen LogP contribution in [0, 0.1) is 12.8 Å². The van der Waals surface area contributed by atoms with Crippen LogP contribution in [0.25, 0.3) is 0 Å². The van der Waals surface area contributed by atoms with Crippen LogP contribution in [-0.2, 0) is 11.2 Å². The summed E-state index contributed by atoms with van der Waals surface area (Å²) in [4.78, 5) is 12.8. The molecule has 0 aliphatic carbocycles. The minimum atomic E-state index is -0.939. The van der Waals surface area contributed by atoms with Crippen LogP contribution >= 0.6 is 0 Å². The predicted octanol–water partition coefficient (Wildman–Crippen LogP) is 2.51. The van der Waals surface area contributed by atoms with E-state index in [4.69, 9.17) is 0 Å². The molecule has 0 saturated carbocycles. The minimum Gasteiger partial charge on any atom is -0.394 e. The summed E-state index contributed by atoms with van der Waals surface area (Å²) in [6.45, 7) is 2.58. The summed E-state index contributed by atoms with van der Waals surface area (Å²) >= 11 is 0. The summed E-state index contributed by atoms with van der Waals surface area (Å²) < 4.78 is 0. The molecular formula is C24H32N2O3. The summed E-state index contributed by atoms with van der Waals surface area (Å²) in [7, 11) is 0. The van der Waals surface area contributed by atoms with Crippen molar-refractivity contribution in [3.63, 3.8) is 0 Å². The number of hydrogen-bond donors (Lipinski definition) is 4. The molecule has 4 atom stereocenters. The van der Waals surface area contributed by atoms with Crippen LogP contribution in [0.3, 0.4) is 0 Å². The van der Waals surface area contributed by atoms with Crippen LogP contribution in [0.5, 0.6) is 0 Å². The lowest BCUT2D eigenvalue weighted by atomic mass is 9.87. The molecule has 1 fully saturated rings. The molecule has 5 heteroatoms. The van der Waals surface area contributed by atoms with Crippen molar-refractivity contribution in [1.29, 1.82) is 0 Å². The Morgan fingerprint density at radius 2 is 1.90 bits per heavy atom. The van der Waals surface area contributed by atoms with E-state index in [0.29, 0.717) is 11.5 Å². The van der Waals surface area contributed by atoms with Gasteiger partial charge in [0.05, 0.1) is 18.7 Å². The lowest BCUT2D eigenvalue weighted by Crippen LogP contribution is -2.53. The molecule has 1 aliphatic rings. The van der Waals surface area contributed by atoms with Gasteiger partial charge < -0.3 is 20.8 Å². The Labute approximate surface area is 173 Å². The van der Waals surface area contributed by atoms with Crippen LogP contribution in [-0.4, -0.2) is 41.4 Å². The molecule has 5 nitrogen and oxygen atoms in total. The van der Waals surface area contributed by atoms with E-state index >= 15 is 0 Å². The van der Waals surface area contributed by atoms with E-state index in [1.54, 1.807) is 12.1 Å². The molecule has 156 valence electrons. The van der Waals surface area contributed by atoms with Crippen molar-refractivity contribution in [2.75, 3.05) is 13.2 Å². The second-order valence-corrected chi connectivity index (χ2v) is 8.07. The molecule has 1 saturated heterocycles. The molecular weight excluding hydrogens is 364 g/mol. The van der Waals surface area contributed by atoms with Crippen LogP contribution in [0.2, 0.25) is 0 Å². The van der Waals surface area contributed by atoms with E-state index < -0.39 is 12.1 Å². The van der Waals surface area contributed by atoms with E-state index in [-0.39, 0.29) is 18.6 Å². The lowest BCUT2D eigenvalue weighted by molar-refractivity contribution is -0.126. The minimum absolute atomic E-state index is 0.154. The predicted molar refractivity (Wildman–Crippen MR) is 114 cm³/mol. The highest BCUT2D eigenvalue weighted by Gasteiger charge is 2.30. The number of nitrogens with one attached hydrogen (secondary N) is 2. The van der Waals surface area contributed by atoms with Crippen molar-refractivity contribution in [3.05, 3.63) is 71.3 Å². The zero-order valence-electron chi connectivity index (χ0n) is 17.1. The Morgan fingerprint density at radius 3 is 2.59 bits per heavy atom. The number of rotatable bonds is 8. The monoisotopic (exact) mass is 396 g/mol. The first-order valence-corrected chi connectivity index (χ1v) is 10.5. The van der Waals surface area contributed by atoms with Crippen molar-refractivity contribution >= 4 is 5.91 Å². The van der Waals surface area contributed by atoms with Crippen molar-refractivity contribution in [3.8, 4) is 0 Å². The van der Waals surface area contributed by atoms with Gasteiger partial charge in [-0.15, -0.1) is 0 Å². The summed E-state index contributed by atoms with van der Waals surface area (Å²) in [5.74, 6) is 0.332. The number of aryl methyl sites for hydroxylation is 2. The SMILES string of the molecule is Cc1ccc(CC[C@H]2CCN[C@H](C(=O)N[C@@H](CO)[C@@H](O)c3ccccc3)C2)cc1. The second-order valence-electron chi connectivity index (χ2n) is 8.07. The highest BCUT2D eigenvalue weighted by molar-refractivity contribution is 5.82. The molecule has 29 heavy (non-hydrogen) atoms. The molecule has 0 spiro atoms. The van der Waals surface area contributed by atoms with Gasteiger partial charge in [0, 0.05) is 0 Å². The topological polar surface area (TPSA) is 81.6 Å². The van der Waals surface area contributed by atoms with E-state index in [0.717, 1.165) is 32.2 Å². The summed E-state index contributed by atoms with van der Waals surface area (Å²) in [6, 6.07) is 16.7. The number of hydrogen-bond acceptors (Lipinski definition) is 4. The molecule has 2 aromatic rings. The van der Waals surface area contributed by atoms with Crippen molar-refractivity contribution in [1.82, 2.24) is 10.6 Å². The third-order valence-corrected chi connectivity index (χ3v) is 5.84. The fourth-order valence-electron chi connectivity index (χ4n) is 3.97. The second kappa shape index (κ2) is 10.5. The van der Waals surface area contributed by atoms with Crippen molar-refractivity contribution in [2.24, 2.45) is 5.92 Å². The smallest absolute Gasteiger partial charge is 0.237 e. The Hall–Kier alpha value is -2.21. The van der Waals surface area contributed by atoms with E-state index in [1.807, 2.05) is 18.2 Å². The third-order valence-electron chi connectivity index (χ3n) is 5.84. The van der Waals surface area contributed by atoms with Gasteiger partial charge in [0.1, 0.15) is 6.10 Å². The van der Waals surface area contributed by atoms with E-state index in [2.05, 4.69) is 41.8 Å². The summed E-state index contributed by atoms with van der Waals surface area (Å²) in [6.07, 6.45) is 2.98. The molecule has 1 heterocycles. The largest absolute Gasteiger partial charge is 0.394 e. The maximum Gasteiger partial charge on any atom is 0.237 e. The molecule has 1 aliphatic heterocycles. The number of carbonyl (C=O) groups excluding carboxylic acids is 1. The molecule has 0 bridgehead atoms. The van der Waals surface area contributed by atoms with Gasteiger partial charge in [-0.25, -0.2) is 0 Å². The summed E-state index contributed by atoms with van der Waals surface area (Å²) in [5.41, 5.74) is 3.28. The lowest BCUT2D eigenvalue weighted by Gasteiger charge is -2.31. The maximum atomic E-state index is 12.8. The Morgan fingerprint density at radius 1 is 1.17 bits per heavy atom. The number of aliphatic hydroxyl groups is 2. The molecule has 0 radical (unpaired) electrons. The normalized spacial score (nSPS) is 21.3. The van der Waals surface area contributed by atoms with E-state index in [1.165, 1.54) is 11.1 Å². The van der Waals surface area contributed by atoms with Crippen molar-refractivity contribution in [2.45, 2.75) is 50.8 Å². The van der Waals surface area contributed by atoms with Gasteiger partial charge >= 0.3 is 0 Å². The van der Waals surface area contributed by atoms with Gasteiger partial charge in [-0.05, 0) is 56.2 Å². The Kier molecular flexibility index (Phi) is 7.81. The number of carbonyl (C=O) groups is 1. The van der Waals surface area contributed by atoms with E-state index in [9.17, 15) is 15.0 Å². The first-order valence-electron chi connectivity index (χ1n) is 10.5. The summed E-state index contributed by atoms with van der Waals surface area (Å²) in [5, 5.41) is 26.3. The fourth-order valence-corrected chi connectivity index (χ4v) is 3.97. The average molecular weight is 397 g/mol. The first-order chi connectivity index (χ1) is 14.1. The highest BCUT2D eigenvalue weighted by Crippen LogP contribution is 2.23. The van der Waals surface area contributed by atoms with Gasteiger partial charge in [-0.3, -0.25) is 4.79 Å². The molecule has 3 rings (SSSR count). The van der Waals surface area contributed by atoms with Gasteiger partial charge in [0.25, 0.3) is 0 Å². The van der Waals surface area contributed by atoms with Crippen molar-refractivity contribution < 1.29 is 15.0 Å². The van der Waals surface area contributed by atoms with Crippen LogP contribution < -0.4 is 10.6 Å². The average Bonchev–Trinajstić information content (AvgIpc) is 2.77. The zero-order chi connectivity index (χ0) is 20.6. The highest BCUT2D eigenvalue weighted by atomic mass is 16.3. The third kappa shape index (κ3) is 6.13. The fraction of sp³-hybridized carbons (Fsp3) is 0.458. The molecule has 0 aromatic heterocycles. The zero-order valence-corrected chi connectivity index (χ0v) is 17.1. The maximum absolute atomic E-state index is 12.8. The van der Waals surface area contributed by atoms with Gasteiger partial charge in [0.2, 0.25) is 5.91 Å². The Balaban J connectivity index is 1.52. The molecule has 1 amide bonds. The van der Waals surface area contributed by atoms with Crippen LogP contribution in [0.4, 0.5) is 0 Å². The van der Waals surface area contributed by atoms with Crippen LogP contribution in [0.15, 0.2) is 54.6 Å².